The van der Waals surface area contributed by atoms with Crippen LogP contribution < -0.4 is 11.1 Å². The molecule has 70 valence electrons. The maximum Gasteiger partial charge on any atom is 0.147 e. The first kappa shape index (κ1) is 9.32. The topological polar surface area (TPSA) is 39.7 Å². The highest BCUT2D eigenvalue weighted by molar-refractivity contribution is 5.87. The van der Waals surface area contributed by atoms with Crippen molar-refractivity contribution in [2.75, 3.05) is 0 Å². The highest BCUT2D eigenvalue weighted by Gasteiger charge is 2.29. The van der Waals surface area contributed by atoms with Crippen LogP contribution in [0, 0.1) is 5.41 Å². The summed E-state index contributed by atoms with van der Waals surface area (Å²) in [6.07, 6.45) is 0. The van der Waals surface area contributed by atoms with Gasteiger partial charge in [0.25, 0.3) is 0 Å². The first-order chi connectivity index (χ1) is 5.43. The number of nitrogens with one attached hydrogen (secondary N) is 2. The lowest BCUT2D eigenvalue weighted by Gasteiger charge is -2.29. The Kier molecular flexibility index (Phi) is 2.28. The minimum absolute atomic E-state index is 0.0841. The molecule has 0 spiro atoms. The second-order valence-electron chi connectivity index (χ2n) is 4.37. The van der Waals surface area contributed by atoms with Crippen molar-refractivity contribution in [1.29, 1.82) is 0 Å². The summed E-state index contributed by atoms with van der Waals surface area (Å²) in [7, 11) is 0. The lowest BCUT2D eigenvalue weighted by atomic mass is 9.94. The lowest BCUT2D eigenvalue weighted by molar-refractivity contribution is 0.230. The van der Waals surface area contributed by atoms with Crippen LogP contribution in [0.25, 0.3) is 0 Å². The molecule has 0 aromatic rings. The van der Waals surface area contributed by atoms with Crippen molar-refractivity contribution in [3.05, 3.63) is 0 Å². The zero-order chi connectivity index (χ0) is 9.35. The van der Waals surface area contributed by atoms with Crippen molar-refractivity contribution in [2.45, 2.75) is 40.7 Å². The molecule has 0 aromatic heterocycles. The predicted octanol–water partition coefficient (Wildman–Crippen LogP) is 1.08. The molecule has 2 N–H and O–H groups in total. The van der Waals surface area contributed by atoms with Gasteiger partial charge in [-0.05, 0) is 13.8 Å². The number of amidine groups is 1. The Hall–Kier alpha value is -0.770. The number of hydrazone groups is 1. The summed E-state index contributed by atoms with van der Waals surface area (Å²) in [5.74, 6) is 1.05. The summed E-state index contributed by atoms with van der Waals surface area (Å²) in [5, 5.41) is 6.23. The minimum atomic E-state index is 0.0841. The van der Waals surface area contributed by atoms with Gasteiger partial charge in [-0.15, -0.1) is 10.6 Å². The Morgan fingerprint density at radius 3 is 2.25 bits per heavy atom. The molecule has 1 aliphatic heterocycles. The molecule has 0 aliphatic carbocycles. The van der Waals surface area contributed by atoms with Crippen LogP contribution in [0.15, 0.2) is 5.10 Å². The van der Waals surface area contributed by atoms with Gasteiger partial charge in [0.05, 0.1) is 0 Å². The third kappa shape index (κ3) is 1.69. The Morgan fingerprint density at radius 1 is 1.33 bits per heavy atom. The zero-order valence-electron chi connectivity index (χ0n) is 8.47. The molecule has 0 aromatic carbocycles. The molecule has 4 nitrogen and oxygen atoms in total. The highest BCUT2D eigenvalue weighted by Crippen LogP contribution is 2.20. The van der Waals surface area contributed by atoms with Gasteiger partial charge in [0, 0.05) is 11.5 Å². The van der Waals surface area contributed by atoms with E-state index in [1.54, 1.807) is 0 Å². The lowest BCUT2D eigenvalue weighted by Crippen LogP contribution is -2.48. The van der Waals surface area contributed by atoms with Gasteiger partial charge in [-0.25, -0.2) is 5.53 Å². The van der Waals surface area contributed by atoms with Gasteiger partial charge in [-0.2, -0.15) is 0 Å². The quantitative estimate of drug-likeness (QED) is 0.618. The Morgan fingerprint density at radius 2 is 1.92 bits per heavy atom. The standard InChI is InChI=1S/C8H18N4/c1-6(2)12-7(8(3,4)5)9-10-11-12/h6,10-11H,1-5H3. The largest absolute Gasteiger partial charge is 0.272 e. The summed E-state index contributed by atoms with van der Waals surface area (Å²) in [6.45, 7) is 10.7. The molecular formula is C8H18N4. The van der Waals surface area contributed by atoms with Gasteiger partial charge in [-0.3, -0.25) is 5.01 Å². The SMILES string of the molecule is CC(C)N1NNN=C1C(C)(C)C. The fourth-order valence-electron chi connectivity index (χ4n) is 1.14. The molecular weight excluding hydrogens is 152 g/mol. The molecule has 0 unspecified atom stereocenters. The van der Waals surface area contributed by atoms with Crippen LogP contribution in [0.1, 0.15) is 34.6 Å². The second kappa shape index (κ2) is 2.94. The van der Waals surface area contributed by atoms with Crippen molar-refractivity contribution in [1.82, 2.24) is 16.1 Å². The Bertz CT molecular complexity index is 190. The van der Waals surface area contributed by atoms with Crippen molar-refractivity contribution >= 4 is 5.84 Å². The number of hydrogen-bond donors (Lipinski definition) is 2. The average Bonchev–Trinajstić information content (AvgIpc) is 2.30. The second-order valence-corrected chi connectivity index (χ2v) is 4.37. The molecule has 0 fully saturated rings. The minimum Gasteiger partial charge on any atom is -0.272 e. The summed E-state index contributed by atoms with van der Waals surface area (Å²) in [4.78, 5) is 0. The van der Waals surface area contributed by atoms with Crippen LogP contribution in [0.2, 0.25) is 0 Å². The van der Waals surface area contributed by atoms with E-state index in [-0.39, 0.29) is 5.41 Å². The van der Waals surface area contributed by atoms with Crippen LogP contribution in [-0.4, -0.2) is 16.9 Å². The molecule has 0 saturated carbocycles. The van der Waals surface area contributed by atoms with Gasteiger partial charge in [0.1, 0.15) is 5.84 Å². The van der Waals surface area contributed by atoms with Gasteiger partial charge in [0.2, 0.25) is 0 Å². The smallest absolute Gasteiger partial charge is 0.147 e. The Labute approximate surface area is 74.0 Å². The third-order valence-electron chi connectivity index (χ3n) is 1.75. The first-order valence-corrected chi connectivity index (χ1v) is 4.31. The predicted molar refractivity (Wildman–Crippen MR) is 50.1 cm³/mol. The summed E-state index contributed by atoms with van der Waals surface area (Å²) >= 11 is 0. The summed E-state index contributed by atoms with van der Waals surface area (Å²) < 4.78 is 0. The molecule has 0 saturated heterocycles. The van der Waals surface area contributed by atoms with Crippen LogP contribution in [0.3, 0.4) is 0 Å². The normalized spacial score (nSPS) is 18.2. The van der Waals surface area contributed by atoms with E-state index >= 15 is 0 Å². The van der Waals surface area contributed by atoms with Crippen LogP contribution in [0.4, 0.5) is 0 Å². The van der Waals surface area contributed by atoms with Crippen molar-refractivity contribution < 1.29 is 0 Å². The van der Waals surface area contributed by atoms with Crippen molar-refractivity contribution in [3.8, 4) is 0 Å². The van der Waals surface area contributed by atoms with E-state index in [0.717, 1.165) is 5.84 Å². The molecule has 1 heterocycles. The number of hydrogen-bond acceptors (Lipinski definition) is 4. The van der Waals surface area contributed by atoms with E-state index in [9.17, 15) is 0 Å². The van der Waals surface area contributed by atoms with Gasteiger partial charge in [0.15, 0.2) is 0 Å². The van der Waals surface area contributed by atoms with Crippen LogP contribution in [-0.2, 0) is 0 Å². The molecule has 0 atom stereocenters. The van der Waals surface area contributed by atoms with E-state index in [1.165, 1.54) is 0 Å². The van der Waals surface area contributed by atoms with E-state index in [1.807, 2.05) is 5.01 Å². The van der Waals surface area contributed by atoms with Crippen LogP contribution in [0.5, 0.6) is 0 Å². The van der Waals surface area contributed by atoms with E-state index in [4.69, 9.17) is 0 Å². The van der Waals surface area contributed by atoms with Crippen molar-refractivity contribution in [3.63, 3.8) is 0 Å². The fraction of sp³-hybridized carbons (Fsp3) is 0.875. The van der Waals surface area contributed by atoms with E-state index in [0.29, 0.717) is 6.04 Å². The van der Waals surface area contributed by atoms with E-state index in [2.05, 4.69) is 50.8 Å². The molecule has 4 heteroatoms. The van der Waals surface area contributed by atoms with Gasteiger partial charge >= 0.3 is 0 Å². The van der Waals surface area contributed by atoms with Gasteiger partial charge < -0.3 is 0 Å². The van der Waals surface area contributed by atoms with Crippen molar-refractivity contribution in [2.24, 2.45) is 10.5 Å². The van der Waals surface area contributed by atoms with Crippen LogP contribution >= 0.6 is 0 Å². The molecule has 1 rings (SSSR count). The van der Waals surface area contributed by atoms with Gasteiger partial charge in [-0.1, -0.05) is 20.8 Å². The molecule has 0 bridgehead atoms. The maximum absolute atomic E-state index is 4.19. The number of rotatable bonds is 1. The van der Waals surface area contributed by atoms with E-state index < -0.39 is 0 Å². The maximum atomic E-state index is 4.19. The molecule has 0 radical (unpaired) electrons. The molecule has 0 amide bonds. The fourth-order valence-corrected chi connectivity index (χ4v) is 1.14. The molecule has 12 heavy (non-hydrogen) atoms. The zero-order valence-corrected chi connectivity index (χ0v) is 8.47. The third-order valence-corrected chi connectivity index (χ3v) is 1.75. The Balaban J connectivity index is 2.76. The molecule has 1 aliphatic rings. The summed E-state index contributed by atoms with van der Waals surface area (Å²) in [5.41, 5.74) is 5.85. The first-order valence-electron chi connectivity index (χ1n) is 4.31. The highest BCUT2D eigenvalue weighted by atomic mass is 15.8. The monoisotopic (exact) mass is 170 g/mol. The number of nitrogens with zero attached hydrogens (tertiary/aromatic N) is 2. The average molecular weight is 170 g/mol. The summed E-state index contributed by atoms with van der Waals surface area (Å²) in [6, 6.07) is 0.415. The number of hydrazine groups is 2.